The minimum atomic E-state index is -0.389. The van der Waals surface area contributed by atoms with Crippen LogP contribution in [0.25, 0.3) is 10.2 Å². The molecule has 0 radical (unpaired) electrons. The molecule has 3 aromatic rings. The van der Waals surface area contributed by atoms with Crippen LogP contribution < -0.4 is 5.32 Å². The van der Waals surface area contributed by atoms with Crippen molar-refractivity contribution < 1.29 is 9.53 Å². The van der Waals surface area contributed by atoms with Gasteiger partial charge in [0, 0.05) is 17.3 Å². The Labute approximate surface area is 150 Å². The highest BCUT2D eigenvalue weighted by molar-refractivity contribution is 7.22. The number of thiazole rings is 1. The molecule has 0 saturated heterocycles. The standard InChI is InChI=1S/C18H22N4O2S/c1-5-24-17(23)14-9-12(4)22(21-14)10-13-7-6-8-15-16(13)20-18(25-15)19-11(2)3/h6-9,11H,5,10H2,1-4H3,(H,19,20). The molecule has 2 heterocycles. The molecule has 0 unspecified atom stereocenters. The average Bonchev–Trinajstić information content (AvgIpc) is 3.11. The van der Waals surface area contributed by atoms with Crippen LogP contribution in [0.3, 0.4) is 0 Å². The van der Waals surface area contributed by atoms with E-state index in [1.807, 2.05) is 23.7 Å². The number of nitrogens with zero attached hydrogens (tertiary/aromatic N) is 3. The van der Waals surface area contributed by atoms with E-state index in [0.29, 0.717) is 24.9 Å². The molecule has 0 aliphatic heterocycles. The van der Waals surface area contributed by atoms with Crippen LogP contribution in [0.5, 0.6) is 0 Å². The fourth-order valence-electron chi connectivity index (χ4n) is 2.58. The van der Waals surface area contributed by atoms with Gasteiger partial charge in [-0.3, -0.25) is 4.68 Å². The van der Waals surface area contributed by atoms with Crippen molar-refractivity contribution in [2.75, 3.05) is 11.9 Å². The van der Waals surface area contributed by atoms with Gasteiger partial charge in [0.15, 0.2) is 10.8 Å². The summed E-state index contributed by atoms with van der Waals surface area (Å²) in [6.07, 6.45) is 0. The number of ether oxygens (including phenoxy) is 1. The number of nitrogens with one attached hydrogen (secondary N) is 1. The highest BCUT2D eigenvalue weighted by Gasteiger charge is 2.15. The molecule has 132 valence electrons. The largest absolute Gasteiger partial charge is 0.461 e. The van der Waals surface area contributed by atoms with Crippen LogP contribution in [0.1, 0.15) is 42.5 Å². The molecule has 2 aromatic heterocycles. The smallest absolute Gasteiger partial charge is 0.358 e. The number of esters is 1. The molecule has 0 spiro atoms. The van der Waals surface area contributed by atoms with Crippen LogP contribution in [-0.2, 0) is 11.3 Å². The van der Waals surface area contributed by atoms with Crippen LogP contribution in [0.2, 0.25) is 0 Å². The number of aromatic nitrogens is 3. The van der Waals surface area contributed by atoms with Gasteiger partial charge in [0.1, 0.15) is 0 Å². The summed E-state index contributed by atoms with van der Waals surface area (Å²) in [5.74, 6) is -0.389. The van der Waals surface area contributed by atoms with Gasteiger partial charge in [-0.1, -0.05) is 23.5 Å². The van der Waals surface area contributed by atoms with E-state index in [-0.39, 0.29) is 5.97 Å². The molecule has 3 rings (SSSR count). The SMILES string of the molecule is CCOC(=O)c1cc(C)n(Cc2cccc3sc(NC(C)C)nc23)n1. The van der Waals surface area contributed by atoms with E-state index in [1.165, 1.54) is 0 Å². The Kier molecular flexibility index (Phi) is 5.03. The van der Waals surface area contributed by atoms with E-state index >= 15 is 0 Å². The second-order valence-corrected chi connectivity index (χ2v) is 7.16. The van der Waals surface area contributed by atoms with Crippen molar-refractivity contribution in [3.05, 3.63) is 41.2 Å². The average molecular weight is 358 g/mol. The van der Waals surface area contributed by atoms with Crippen LogP contribution in [0.4, 0.5) is 5.13 Å². The first-order valence-electron chi connectivity index (χ1n) is 8.34. The molecule has 0 amide bonds. The zero-order chi connectivity index (χ0) is 18.0. The van der Waals surface area contributed by atoms with Crippen molar-refractivity contribution in [2.45, 2.75) is 40.3 Å². The minimum Gasteiger partial charge on any atom is -0.461 e. The van der Waals surface area contributed by atoms with Crippen LogP contribution in [-0.4, -0.2) is 33.4 Å². The number of hydrogen-bond acceptors (Lipinski definition) is 6. The lowest BCUT2D eigenvalue weighted by atomic mass is 10.2. The number of benzene rings is 1. The van der Waals surface area contributed by atoms with Gasteiger partial charge in [-0.25, -0.2) is 9.78 Å². The summed E-state index contributed by atoms with van der Waals surface area (Å²) in [4.78, 5) is 16.6. The summed E-state index contributed by atoms with van der Waals surface area (Å²) in [5, 5.41) is 8.66. The fraction of sp³-hybridized carbons (Fsp3) is 0.389. The second kappa shape index (κ2) is 7.23. The summed E-state index contributed by atoms with van der Waals surface area (Å²) in [6.45, 7) is 8.81. The maximum atomic E-state index is 11.9. The number of carbonyl (C=O) groups excluding carboxylic acids is 1. The predicted octanol–water partition coefficient (Wildman–Crippen LogP) is 3.85. The van der Waals surface area contributed by atoms with Gasteiger partial charge >= 0.3 is 5.97 Å². The van der Waals surface area contributed by atoms with Gasteiger partial charge in [0.05, 0.1) is 23.4 Å². The number of carbonyl (C=O) groups is 1. The monoisotopic (exact) mass is 358 g/mol. The maximum Gasteiger partial charge on any atom is 0.358 e. The lowest BCUT2D eigenvalue weighted by Gasteiger charge is -2.06. The molecule has 0 atom stereocenters. The first kappa shape index (κ1) is 17.4. The Morgan fingerprint density at radius 2 is 2.20 bits per heavy atom. The number of fused-ring (bicyclic) bond motifs is 1. The fourth-order valence-corrected chi connectivity index (χ4v) is 3.64. The van der Waals surface area contributed by atoms with E-state index < -0.39 is 0 Å². The quantitative estimate of drug-likeness (QED) is 0.678. The molecule has 1 N–H and O–H groups in total. The van der Waals surface area contributed by atoms with Crippen molar-refractivity contribution in [3.63, 3.8) is 0 Å². The molecule has 0 aliphatic carbocycles. The van der Waals surface area contributed by atoms with Crippen molar-refractivity contribution in [1.82, 2.24) is 14.8 Å². The Morgan fingerprint density at radius 3 is 2.92 bits per heavy atom. The van der Waals surface area contributed by atoms with Crippen LogP contribution >= 0.6 is 11.3 Å². The normalized spacial score (nSPS) is 11.2. The van der Waals surface area contributed by atoms with Gasteiger partial charge < -0.3 is 10.1 Å². The van der Waals surface area contributed by atoms with Gasteiger partial charge in [-0.15, -0.1) is 0 Å². The third-order valence-electron chi connectivity index (χ3n) is 3.70. The third-order valence-corrected chi connectivity index (χ3v) is 4.65. The highest BCUT2D eigenvalue weighted by atomic mass is 32.1. The summed E-state index contributed by atoms with van der Waals surface area (Å²) in [7, 11) is 0. The van der Waals surface area contributed by atoms with E-state index in [0.717, 1.165) is 26.6 Å². The van der Waals surface area contributed by atoms with Gasteiger partial charge in [-0.05, 0) is 39.8 Å². The Bertz CT molecular complexity index is 898. The maximum absolute atomic E-state index is 11.9. The van der Waals surface area contributed by atoms with Crippen molar-refractivity contribution >= 4 is 32.7 Å². The van der Waals surface area contributed by atoms with E-state index in [2.05, 4.69) is 30.3 Å². The molecule has 0 bridgehead atoms. The molecule has 7 heteroatoms. The van der Waals surface area contributed by atoms with Crippen molar-refractivity contribution in [2.24, 2.45) is 0 Å². The van der Waals surface area contributed by atoms with Crippen LogP contribution in [0.15, 0.2) is 24.3 Å². The first-order chi connectivity index (χ1) is 12.0. The molecule has 25 heavy (non-hydrogen) atoms. The van der Waals surface area contributed by atoms with Gasteiger partial charge in [0.25, 0.3) is 0 Å². The molecular formula is C18H22N4O2S. The molecule has 0 fully saturated rings. The summed E-state index contributed by atoms with van der Waals surface area (Å²) in [6, 6.07) is 8.24. The molecular weight excluding hydrogens is 336 g/mol. The molecule has 1 aromatic carbocycles. The Balaban J connectivity index is 1.90. The Morgan fingerprint density at radius 1 is 1.40 bits per heavy atom. The van der Waals surface area contributed by atoms with E-state index in [4.69, 9.17) is 9.72 Å². The topological polar surface area (TPSA) is 69.0 Å². The van der Waals surface area contributed by atoms with Crippen LogP contribution in [0, 0.1) is 6.92 Å². The number of hydrogen-bond donors (Lipinski definition) is 1. The third kappa shape index (κ3) is 3.82. The molecule has 0 aliphatic rings. The lowest BCUT2D eigenvalue weighted by molar-refractivity contribution is 0.0518. The zero-order valence-electron chi connectivity index (χ0n) is 14.9. The number of rotatable bonds is 6. The number of aryl methyl sites for hydroxylation is 1. The predicted molar refractivity (Wildman–Crippen MR) is 100 cm³/mol. The summed E-state index contributed by atoms with van der Waals surface area (Å²) >= 11 is 1.65. The second-order valence-electron chi connectivity index (χ2n) is 6.13. The number of anilines is 1. The van der Waals surface area contributed by atoms with Crippen molar-refractivity contribution in [3.8, 4) is 0 Å². The minimum absolute atomic E-state index is 0.338. The first-order valence-corrected chi connectivity index (χ1v) is 9.16. The zero-order valence-corrected chi connectivity index (χ0v) is 15.7. The molecule has 6 nitrogen and oxygen atoms in total. The van der Waals surface area contributed by atoms with Gasteiger partial charge in [-0.2, -0.15) is 5.10 Å². The highest BCUT2D eigenvalue weighted by Crippen LogP contribution is 2.29. The van der Waals surface area contributed by atoms with E-state index in [9.17, 15) is 4.79 Å². The number of para-hydroxylation sites is 1. The summed E-state index contributed by atoms with van der Waals surface area (Å²) < 4.78 is 7.97. The van der Waals surface area contributed by atoms with Gasteiger partial charge in [0.2, 0.25) is 0 Å². The van der Waals surface area contributed by atoms with E-state index in [1.54, 1.807) is 24.3 Å². The Hall–Kier alpha value is -2.41. The molecule has 0 saturated carbocycles. The summed E-state index contributed by atoms with van der Waals surface area (Å²) in [5.41, 5.74) is 3.30. The lowest BCUT2D eigenvalue weighted by Crippen LogP contribution is -2.09. The van der Waals surface area contributed by atoms with Crippen molar-refractivity contribution in [1.29, 1.82) is 0 Å².